The molecular formula is C20H26N2OS. The lowest BCUT2D eigenvalue weighted by Crippen LogP contribution is -2.33. The molecule has 0 aliphatic carbocycles. The molecular weight excluding hydrogens is 316 g/mol. The van der Waals surface area contributed by atoms with Crippen LogP contribution in [-0.2, 0) is 0 Å². The van der Waals surface area contributed by atoms with Crippen molar-refractivity contribution in [3.63, 3.8) is 0 Å². The van der Waals surface area contributed by atoms with Crippen molar-refractivity contribution >= 4 is 23.0 Å². The number of nitrogens with one attached hydrogen (secondary N) is 2. The van der Waals surface area contributed by atoms with E-state index in [1.54, 1.807) is 0 Å². The highest BCUT2D eigenvalue weighted by Crippen LogP contribution is 2.22. The topological polar surface area (TPSA) is 33.3 Å². The second kappa shape index (κ2) is 9.28. The number of benzene rings is 2. The van der Waals surface area contributed by atoms with E-state index < -0.39 is 0 Å². The molecule has 1 atom stereocenters. The predicted octanol–water partition coefficient (Wildman–Crippen LogP) is 5.16. The van der Waals surface area contributed by atoms with Crippen molar-refractivity contribution in [2.45, 2.75) is 33.2 Å². The molecule has 0 spiro atoms. The maximum Gasteiger partial charge on any atom is 0.171 e. The minimum Gasteiger partial charge on any atom is -0.494 e. The molecule has 4 heteroatoms. The molecule has 0 aliphatic rings. The smallest absolute Gasteiger partial charge is 0.171 e. The largest absolute Gasteiger partial charge is 0.494 e. The molecule has 0 heterocycles. The van der Waals surface area contributed by atoms with Crippen molar-refractivity contribution in [1.82, 2.24) is 5.32 Å². The van der Waals surface area contributed by atoms with Crippen LogP contribution in [0.2, 0.25) is 0 Å². The van der Waals surface area contributed by atoms with Gasteiger partial charge in [-0.15, -0.1) is 0 Å². The number of anilines is 1. The van der Waals surface area contributed by atoms with Crippen LogP contribution in [0.1, 0.15) is 38.8 Å². The van der Waals surface area contributed by atoms with Gasteiger partial charge in [0.05, 0.1) is 12.6 Å². The molecule has 0 saturated heterocycles. The Balaban J connectivity index is 2.03. The fourth-order valence-corrected chi connectivity index (χ4v) is 2.85. The van der Waals surface area contributed by atoms with Crippen LogP contribution in [-0.4, -0.2) is 11.7 Å². The normalized spacial score (nSPS) is 11.8. The SMILES string of the molecule is CCOc1cccc(NC(=S)N[C@H](CC(C)C)c2ccccc2)c1. The Morgan fingerprint density at radius 2 is 1.83 bits per heavy atom. The Labute approximate surface area is 150 Å². The van der Waals surface area contributed by atoms with Crippen LogP contribution in [0.15, 0.2) is 54.6 Å². The first-order valence-electron chi connectivity index (χ1n) is 8.43. The van der Waals surface area contributed by atoms with Gasteiger partial charge in [-0.05, 0) is 49.2 Å². The van der Waals surface area contributed by atoms with Gasteiger partial charge in [0.15, 0.2) is 5.11 Å². The summed E-state index contributed by atoms with van der Waals surface area (Å²) < 4.78 is 5.53. The summed E-state index contributed by atoms with van der Waals surface area (Å²) in [7, 11) is 0. The van der Waals surface area contributed by atoms with Gasteiger partial charge in [-0.1, -0.05) is 50.2 Å². The van der Waals surface area contributed by atoms with Crippen LogP contribution < -0.4 is 15.4 Å². The maximum atomic E-state index is 5.53. The van der Waals surface area contributed by atoms with Gasteiger partial charge in [-0.3, -0.25) is 0 Å². The summed E-state index contributed by atoms with van der Waals surface area (Å²) in [6.07, 6.45) is 1.02. The van der Waals surface area contributed by atoms with Crippen LogP contribution in [0, 0.1) is 5.92 Å². The Bertz CT molecular complexity index is 643. The van der Waals surface area contributed by atoms with Gasteiger partial charge in [0.1, 0.15) is 5.75 Å². The molecule has 2 rings (SSSR count). The third kappa shape index (κ3) is 5.85. The second-order valence-corrected chi connectivity index (χ2v) is 6.56. The molecule has 0 aromatic heterocycles. The molecule has 0 amide bonds. The van der Waals surface area contributed by atoms with Gasteiger partial charge in [0.25, 0.3) is 0 Å². The van der Waals surface area contributed by atoms with E-state index in [1.165, 1.54) is 5.56 Å². The van der Waals surface area contributed by atoms with Crippen LogP contribution in [0.25, 0.3) is 0 Å². The number of rotatable bonds is 7. The van der Waals surface area contributed by atoms with Crippen LogP contribution in [0.4, 0.5) is 5.69 Å². The van der Waals surface area contributed by atoms with E-state index >= 15 is 0 Å². The molecule has 3 nitrogen and oxygen atoms in total. The summed E-state index contributed by atoms with van der Waals surface area (Å²) in [5.74, 6) is 1.42. The Morgan fingerprint density at radius 1 is 1.08 bits per heavy atom. The van der Waals surface area contributed by atoms with E-state index in [2.05, 4.69) is 48.7 Å². The molecule has 0 fully saturated rings. The molecule has 0 bridgehead atoms. The van der Waals surface area contributed by atoms with E-state index in [1.807, 2.05) is 37.3 Å². The van der Waals surface area contributed by atoms with Gasteiger partial charge >= 0.3 is 0 Å². The zero-order valence-corrected chi connectivity index (χ0v) is 15.4. The third-order valence-electron chi connectivity index (χ3n) is 3.62. The maximum absolute atomic E-state index is 5.53. The number of thiocarbonyl (C=S) groups is 1. The summed E-state index contributed by atoms with van der Waals surface area (Å²) in [5, 5.41) is 7.32. The molecule has 128 valence electrons. The van der Waals surface area contributed by atoms with E-state index in [-0.39, 0.29) is 6.04 Å². The van der Waals surface area contributed by atoms with E-state index in [9.17, 15) is 0 Å². The summed E-state index contributed by atoms with van der Waals surface area (Å²) in [6.45, 7) is 7.07. The van der Waals surface area contributed by atoms with Crippen LogP contribution in [0.5, 0.6) is 5.75 Å². The average molecular weight is 343 g/mol. The molecule has 24 heavy (non-hydrogen) atoms. The highest BCUT2D eigenvalue weighted by Gasteiger charge is 2.14. The van der Waals surface area contributed by atoms with Crippen molar-refractivity contribution < 1.29 is 4.74 Å². The van der Waals surface area contributed by atoms with Crippen molar-refractivity contribution in [3.8, 4) is 5.75 Å². The van der Waals surface area contributed by atoms with Crippen LogP contribution in [0.3, 0.4) is 0 Å². The quantitative estimate of drug-likeness (QED) is 0.681. The Kier molecular flexibility index (Phi) is 7.07. The van der Waals surface area contributed by atoms with Gasteiger partial charge in [0.2, 0.25) is 0 Å². The predicted molar refractivity (Wildman–Crippen MR) is 106 cm³/mol. The summed E-state index contributed by atoms with van der Waals surface area (Å²) in [4.78, 5) is 0. The van der Waals surface area contributed by atoms with Gasteiger partial charge in [-0.25, -0.2) is 0 Å². The average Bonchev–Trinajstić information content (AvgIpc) is 2.55. The molecule has 0 saturated carbocycles. The zero-order chi connectivity index (χ0) is 17.4. The fraction of sp³-hybridized carbons (Fsp3) is 0.350. The first-order valence-corrected chi connectivity index (χ1v) is 8.84. The molecule has 2 aromatic carbocycles. The Morgan fingerprint density at radius 3 is 2.50 bits per heavy atom. The summed E-state index contributed by atoms with van der Waals surface area (Å²) in [5.41, 5.74) is 2.17. The lowest BCUT2D eigenvalue weighted by molar-refractivity contribution is 0.340. The molecule has 0 radical (unpaired) electrons. The van der Waals surface area contributed by atoms with E-state index in [0.29, 0.717) is 17.6 Å². The standard InChI is InChI=1S/C20H26N2OS/c1-4-23-18-12-8-11-17(14-18)21-20(24)22-19(13-15(2)3)16-9-6-5-7-10-16/h5-12,14-15,19H,4,13H2,1-3H3,(H2,21,22,24)/t19-/m1/s1. The second-order valence-electron chi connectivity index (χ2n) is 6.15. The number of ether oxygens (including phenoxy) is 1. The monoisotopic (exact) mass is 342 g/mol. The molecule has 2 N–H and O–H groups in total. The molecule has 0 aliphatic heterocycles. The van der Waals surface area contributed by atoms with Gasteiger partial charge < -0.3 is 15.4 Å². The first kappa shape index (κ1) is 18.3. The van der Waals surface area contributed by atoms with Crippen molar-refractivity contribution in [3.05, 3.63) is 60.2 Å². The minimum atomic E-state index is 0.196. The number of hydrogen-bond acceptors (Lipinski definition) is 2. The molecule has 2 aromatic rings. The van der Waals surface area contributed by atoms with Crippen LogP contribution >= 0.6 is 12.2 Å². The summed E-state index contributed by atoms with van der Waals surface area (Å²) in [6, 6.07) is 18.5. The van der Waals surface area contributed by atoms with Crippen molar-refractivity contribution in [2.75, 3.05) is 11.9 Å². The summed E-state index contributed by atoms with van der Waals surface area (Å²) >= 11 is 5.51. The fourth-order valence-electron chi connectivity index (χ4n) is 2.59. The van der Waals surface area contributed by atoms with E-state index in [4.69, 9.17) is 17.0 Å². The number of hydrogen-bond donors (Lipinski definition) is 2. The highest BCUT2D eigenvalue weighted by atomic mass is 32.1. The van der Waals surface area contributed by atoms with Crippen molar-refractivity contribution in [2.24, 2.45) is 5.92 Å². The van der Waals surface area contributed by atoms with Gasteiger partial charge in [-0.2, -0.15) is 0 Å². The lowest BCUT2D eigenvalue weighted by Gasteiger charge is -2.23. The Hall–Kier alpha value is -2.07. The zero-order valence-electron chi connectivity index (χ0n) is 14.6. The lowest BCUT2D eigenvalue weighted by atomic mass is 9.97. The van der Waals surface area contributed by atoms with Crippen molar-refractivity contribution in [1.29, 1.82) is 0 Å². The van der Waals surface area contributed by atoms with Gasteiger partial charge in [0, 0.05) is 11.8 Å². The first-order chi connectivity index (χ1) is 11.6. The third-order valence-corrected chi connectivity index (χ3v) is 3.84. The molecule has 0 unspecified atom stereocenters. The minimum absolute atomic E-state index is 0.196. The van der Waals surface area contributed by atoms with E-state index in [0.717, 1.165) is 17.9 Å². The highest BCUT2D eigenvalue weighted by molar-refractivity contribution is 7.80.